The Morgan fingerprint density at radius 3 is 2.28 bits per heavy atom. The molecule has 16 nitrogen and oxygen atoms in total. The lowest BCUT2D eigenvalue weighted by Gasteiger charge is -2.63. The highest BCUT2D eigenvalue weighted by Crippen LogP contribution is 2.55. The molecule has 1 aliphatic carbocycles. The van der Waals surface area contributed by atoms with Crippen molar-refractivity contribution in [3.05, 3.63) is 101 Å². The molecule has 4 aromatic rings. The van der Waals surface area contributed by atoms with Crippen LogP contribution in [0.3, 0.4) is 0 Å². The van der Waals surface area contributed by atoms with E-state index < -0.39 is 46.2 Å². The number of hydrogen-bond acceptors (Lipinski definition) is 11. The lowest BCUT2D eigenvalue weighted by molar-refractivity contribution is -0.164. The van der Waals surface area contributed by atoms with Gasteiger partial charge in [-0.15, -0.1) is 0 Å². The molecule has 4 atom stereocenters. The first kappa shape index (κ1) is 50.8. The predicted octanol–water partition coefficient (Wildman–Crippen LogP) is 6.32. The second-order valence-corrected chi connectivity index (χ2v) is 21.5. The molecule has 2 aromatic carbocycles. The summed E-state index contributed by atoms with van der Waals surface area (Å²) in [5.74, 6) is 0.939. The fourth-order valence-corrected chi connectivity index (χ4v) is 10.7. The summed E-state index contributed by atoms with van der Waals surface area (Å²) in [6, 6.07) is 16.1. The van der Waals surface area contributed by atoms with Gasteiger partial charge in [-0.2, -0.15) is 5.26 Å². The normalized spacial score (nSPS) is 21.9. The number of nitriles is 1. The van der Waals surface area contributed by atoms with E-state index >= 15 is 0 Å². The van der Waals surface area contributed by atoms with E-state index in [0.717, 1.165) is 48.8 Å². The fraction of sp³-hybridized carbons (Fsp3) is 0.519. The molecule has 0 unspecified atom stereocenters. The number of aliphatic hydroxyl groups is 1. The molecule has 0 bridgehead atoms. The molecule has 69 heavy (non-hydrogen) atoms. The zero-order valence-corrected chi connectivity index (χ0v) is 41.8. The second-order valence-electron chi connectivity index (χ2n) is 21.1. The van der Waals surface area contributed by atoms with E-state index in [0.29, 0.717) is 28.5 Å². The molecule has 368 valence electrons. The molecule has 17 heteroatoms. The van der Waals surface area contributed by atoms with Crippen LogP contribution in [0, 0.1) is 40.4 Å². The minimum atomic E-state index is -0.968. The summed E-state index contributed by atoms with van der Waals surface area (Å²) in [4.78, 5) is 67.2. The number of pyridine rings is 1. The van der Waals surface area contributed by atoms with Crippen LogP contribution < -0.4 is 25.6 Å². The number of β-amino-alcohol motifs (C(OH)–C–C–N with tert-alkyl or cyclic N) is 1. The van der Waals surface area contributed by atoms with Gasteiger partial charge in [0.25, 0.3) is 5.91 Å². The Morgan fingerprint density at radius 2 is 1.68 bits per heavy atom. The van der Waals surface area contributed by atoms with Crippen molar-refractivity contribution in [1.82, 2.24) is 35.4 Å². The van der Waals surface area contributed by atoms with E-state index in [1.807, 2.05) is 75.7 Å². The van der Waals surface area contributed by atoms with Crippen molar-refractivity contribution in [1.29, 1.82) is 5.26 Å². The number of halogens is 1. The maximum Gasteiger partial charge on any atom is 0.253 e. The first-order valence-corrected chi connectivity index (χ1v) is 24.1. The number of hydrogen-bond donors (Lipinski definition) is 4. The summed E-state index contributed by atoms with van der Waals surface area (Å²) in [5, 5.41) is 29.4. The molecule has 3 aliphatic rings. The quantitative estimate of drug-likeness (QED) is 0.104. The minimum absolute atomic E-state index is 0.0224. The molecule has 4 amide bonds. The molecule has 4 N–H and O–H groups in total. The van der Waals surface area contributed by atoms with Crippen LogP contribution >= 0.6 is 11.6 Å². The number of imidazole rings is 1. The molecule has 2 saturated heterocycles. The number of nitrogens with one attached hydrogen (secondary N) is 3. The number of carbonyl (C=O) groups is 4. The lowest BCUT2D eigenvalue weighted by atomic mass is 9.49. The third-order valence-electron chi connectivity index (χ3n) is 14.1. The molecule has 4 heterocycles. The highest BCUT2D eigenvalue weighted by atomic mass is 35.5. The van der Waals surface area contributed by atoms with Crippen LogP contribution in [0.15, 0.2) is 73.2 Å². The highest BCUT2D eigenvalue weighted by molar-refractivity contribution is 6.31. The zero-order valence-electron chi connectivity index (χ0n) is 41.1. The summed E-state index contributed by atoms with van der Waals surface area (Å²) < 4.78 is 14.2. The average Bonchev–Trinajstić information content (AvgIpc) is 3.93. The van der Waals surface area contributed by atoms with Crippen molar-refractivity contribution in [3.63, 3.8) is 0 Å². The Kier molecular flexibility index (Phi) is 15.1. The average molecular weight is 965 g/mol. The molecular weight excluding hydrogens is 898 g/mol. The van der Waals surface area contributed by atoms with Gasteiger partial charge < -0.3 is 44.9 Å². The number of nitrogens with zero attached hydrogens (tertiary/aromatic N) is 6. The smallest absolute Gasteiger partial charge is 0.253 e. The zero-order chi connectivity index (χ0) is 50.0. The third kappa shape index (κ3) is 11.2. The maximum atomic E-state index is 14.2. The fourth-order valence-electron chi connectivity index (χ4n) is 10.5. The van der Waals surface area contributed by atoms with Gasteiger partial charge in [0.2, 0.25) is 17.7 Å². The number of ether oxygens (including phenoxy) is 2. The van der Waals surface area contributed by atoms with Crippen LogP contribution in [0.2, 0.25) is 5.02 Å². The van der Waals surface area contributed by atoms with Gasteiger partial charge in [-0.1, -0.05) is 72.2 Å². The number of aryl methyl sites for hydroxylation is 1. The number of amides is 4. The largest absolute Gasteiger partial charge is 0.489 e. The Morgan fingerprint density at radius 1 is 0.986 bits per heavy atom. The molecule has 1 saturated carbocycles. The first-order valence-electron chi connectivity index (χ1n) is 23.7. The summed E-state index contributed by atoms with van der Waals surface area (Å²) in [6.07, 6.45) is 5.83. The van der Waals surface area contributed by atoms with Crippen molar-refractivity contribution in [3.8, 4) is 17.5 Å². The number of aromatic nitrogens is 3. The predicted molar refractivity (Wildman–Crippen MR) is 262 cm³/mol. The van der Waals surface area contributed by atoms with E-state index in [4.69, 9.17) is 21.1 Å². The number of benzene rings is 2. The monoisotopic (exact) mass is 963 g/mol. The van der Waals surface area contributed by atoms with Gasteiger partial charge in [0, 0.05) is 73.3 Å². The number of likely N-dealkylation sites (tertiary alicyclic amines) is 1. The second kappa shape index (κ2) is 20.5. The maximum absolute atomic E-state index is 14.2. The highest BCUT2D eigenvalue weighted by Gasteiger charge is 2.64. The molecule has 3 fully saturated rings. The van der Waals surface area contributed by atoms with Gasteiger partial charge in [0.1, 0.15) is 48.3 Å². The van der Waals surface area contributed by atoms with Crippen LogP contribution in [-0.2, 0) is 19.1 Å². The van der Waals surface area contributed by atoms with Crippen molar-refractivity contribution in [2.24, 2.45) is 22.2 Å². The van der Waals surface area contributed by atoms with Crippen molar-refractivity contribution < 1.29 is 33.8 Å². The van der Waals surface area contributed by atoms with E-state index in [1.54, 1.807) is 36.7 Å². The molecule has 0 spiro atoms. The Bertz CT molecular complexity index is 2530. The van der Waals surface area contributed by atoms with Crippen LogP contribution in [0.5, 0.6) is 5.75 Å². The summed E-state index contributed by atoms with van der Waals surface area (Å²) >= 11 is 6.25. The van der Waals surface area contributed by atoms with Gasteiger partial charge in [0.05, 0.1) is 34.9 Å². The molecular formula is C52H66ClN9O7. The molecule has 0 radical (unpaired) electrons. The van der Waals surface area contributed by atoms with E-state index in [9.17, 15) is 29.5 Å². The first-order chi connectivity index (χ1) is 32.6. The van der Waals surface area contributed by atoms with Crippen molar-refractivity contribution >= 4 is 41.0 Å². The molecule has 2 aliphatic heterocycles. The molecule has 7 rings (SSSR count). The topological polar surface area (TPSA) is 204 Å². The van der Waals surface area contributed by atoms with Gasteiger partial charge >= 0.3 is 0 Å². The van der Waals surface area contributed by atoms with Gasteiger partial charge in [-0.05, 0) is 80.0 Å². The minimum Gasteiger partial charge on any atom is -0.489 e. The number of piperidine rings is 1. The van der Waals surface area contributed by atoms with E-state index in [-0.39, 0.29) is 55.5 Å². The number of aliphatic hydroxyl groups excluding tert-OH is 1. The Balaban J connectivity index is 0.850. The van der Waals surface area contributed by atoms with Crippen LogP contribution in [-0.4, -0.2) is 111 Å². The van der Waals surface area contributed by atoms with Gasteiger partial charge in [-0.3, -0.25) is 19.2 Å². The Hall–Kier alpha value is -6.02. The number of rotatable bonds is 15. The Labute approximate surface area is 410 Å². The van der Waals surface area contributed by atoms with E-state index in [1.165, 1.54) is 4.90 Å². The van der Waals surface area contributed by atoms with Crippen LogP contribution in [0.4, 0.5) is 5.82 Å². The number of anilines is 1. The van der Waals surface area contributed by atoms with Crippen molar-refractivity contribution in [2.45, 2.75) is 118 Å². The van der Waals surface area contributed by atoms with Crippen molar-refractivity contribution in [2.75, 3.05) is 37.7 Å². The standard InChI is InChI=1S/C52H66ClN9O7/c1-31(34-10-14-37(15-11-34)61-23-20-55-32(61)2)57-46(66)41-24-38(63)28-62(41)47(67)44(50(3,4)5)58-43(64)30-68-29-33-18-21-60(22-19-33)42-17-13-36(27-56-42)45(65)59-48-51(6,7)49(52(48,8)9)69-39-16-12-35(26-54)40(53)25-39/h10-17,20,23,25,27,31,33,38,41,44,48-49,63H,18-19,21-22,24,28-30H2,1-9H3,(H,57,66)(H,58,64)(H,59,65)/t31-,38+,41-,44+,48-,49-/m0/s1. The summed E-state index contributed by atoms with van der Waals surface area (Å²) in [6.45, 7) is 19.1. The van der Waals surface area contributed by atoms with Crippen LogP contribution in [0.25, 0.3) is 5.69 Å². The van der Waals surface area contributed by atoms with Gasteiger partial charge in [-0.25, -0.2) is 9.97 Å². The lowest BCUT2D eigenvalue weighted by Crippen LogP contribution is -2.74. The summed E-state index contributed by atoms with van der Waals surface area (Å²) in [7, 11) is 0. The number of carbonyl (C=O) groups excluding carboxylic acids is 4. The van der Waals surface area contributed by atoms with Gasteiger partial charge in [0.15, 0.2) is 0 Å². The SMILES string of the molecule is Cc1nccn1-c1ccc([C@H](C)NC(=O)[C@@H]2C[C@@H](O)CN2C(=O)[C@@H](NC(=O)COCC2CCN(c3ccc(C(=O)N[C@H]4C(C)(C)[C@H](Oc5ccc(C#N)c(Cl)c5)C4(C)C)cn3)CC2)C(C)(C)C)cc1. The summed E-state index contributed by atoms with van der Waals surface area (Å²) in [5.41, 5.74) is 1.15. The molecule has 2 aromatic heterocycles. The van der Waals surface area contributed by atoms with Crippen LogP contribution in [0.1, 0.15) is 108 Å². The third-order valence-corrected chi connectivity index (χ3v) is 14.4. The van der Waals surface area contributed by atoms with E-state index in [2.05, 4.69) is 64.6 Å².